The molecule has 3 N–H and O–H groups in total. The summed E-state index contributed by atoms with van der Waals surface area (Å²) in [4.78, 5) is 44.5. The number of benzene rings is 3. The number of amides is 1. The maximum absolute atomic E-state index is 13.5. The first-order valence-electron chi connectivity index (χ1n) is 18.3. The zero-order valence-electron chi connectivity index (χ0n) is 31.5. The van der Waals surface area contributed by atoms with Crippen molar-refractivity contribution in [1.29, 1.82) is 0 Å². The molecular weight excluding hydrogens is 652 g/mol. The largest absolute Gasteiger partial charge is 0.458 e. The van der Waals surface area contributed by atoms with Crippen LogP contribution in [-0.2, 0) is 19.8 Å². The molecule has 7 rings (SSSR count). The zero-order chi connectivity index (χ0) is 37.0. The van der Waals surface area contributed by atoms with Crippen molar-refractivity contribution in [3.05, 3.63) is 84.7 Å². The highest BCUT2D eigenvalue weighted by Crippen LogP contribution is 2.38. The van der Waals surface area contributed by atoms with Crippen LogP contribution >= 0.6 is 0 Å². The van der Waals surface area contributed by atoms with Gasteiger partial charge in [0, 0.05) is 12.1 Å². The smallest absolute Gasteiger partial charge is 0.410 e. The molecule has 272 valence electrons. The standard InChI is InChI=1S/C42H50N6O4/c1-25-17-35(48(24-25)39(50)52-41(6,7)8)36-43-22-33(46-36)28-11-9-27(10-12-28)29-13-14-31-19-32(16-15-30(31)18-29)34-23-44-37(47-34)42(20-26(2)21-45-42)38(49)51-40(3,4)5/h9-16,18-19,22-23,25-26,35,45H,17,20-21,24H2,1-8H3,(H,43,46)(H,44,47)/t25-,26-,35-,42-/m0/s1. The molecule has 0 spiro atoms. The van der Waals surface area contributed by atoms with Gasteiger partial charge in [0.25, 0.3) is 0 Å². The molecule has 0 aliphatic carbocycles. The highest BCUT2D eigenvalue weighted by molar-refractivity contribution is 5.91. The number of aromatic amines is 2. The normalized spacial score (nSPS) is 22.2. The molecular formula is C42H50N6O4. The number of hydrogen-bond acceptors (Lipinski definition) is 7. The van der Waals surface area contributed by atoms with Crippen LogP contribution in [0.15, 0.2) is 73.1 Å². The van der Waals surface area contributed by atoms with Gasteiger partial charge >= 0.3 is 12.1 Å². The summed E-state index contributed by atoms with van der Waals surface area (Å²) in [6.07, 6.45) is 4.80. The Morgan fingerprint density at radius 1 is 0.750 bits per heavy atom. The Labute approximate surface area is 305 Å². The predicted molar refractivity (Wildman–Crippen MR) is 203 cm³/mol. The number of carbonyl (C=O) groups excluding carboxylic acids is 2. The molecule has 2 aromatic heterocycles. The average molecular weight is 703 g/mol. The van der Waals surface area contributed by atoms with Crippen LogP contribution in [0.25, 0.3) is 44.4 Å². The number of carbonyl (C=O) groups is 2. The molecule has 0 bridgehead atoms. The van der Waals surface area contributed by atoms with Crippen LogP contribution in [0, 0.1) is 11.8 Å². The van der Waals surface area contributed by atoms with Crippen LogP contribution in [0.3, 0.4) is 0 Å². The second-order valence-electron chi connectivity index (χ2n) is 16.8. The first-order valence-corrected chi connectivity index (χ1v) is 18.3. The highest BCUT2D eigenvalue weighted by Gasteiger charge is 2.50. The van der Waals surface area contributed by atoms with Crippen LogP contribution in [0.4, 0.5) is 4.79 Å². The second-order valence-corrected chi connectivity index (χ2v) is 16.8. The maximum Gasteiger partial charge on any atom is 0.410 e. The molecule has 2 saturated heterocycles. The Morgan fingerprint density at radius 2 is 1.35 bits per heavy atom. The van der Waals surface area contributed by atoms with Crippen LogP contribution in [0.2, 0.25) is 0 Å². The summed E-state index contributed by atoms with van der Waals surface area (Å²) in [7, 11) is 0. The van der Waals surface area contributed by atoms with Gasteiger partial charge in [-0.2, -0.15) is 0 Å². The monoisotopic (exact) mass is 702 g/mol. The molecule has 52 heavy (non-hydrogen) atoms. The predicted octanol–water partition coefficient (Wildman–Crippen LogP) is 8.77. The fraction of sp³-hybridized carbons (Fsp3) is 0.429. The summed E-state index contributed by atoms with van der Waals surface area (Å²) in [5, 5.41) is 5.65. The molecule has 4 atom stereocenters. The van der Waals surface area contributed by atoms with E-state index in [1.165, 1.54) is 0 Å². The molecule has 2 aliphatic heterocycles. The summed E-state index contributed by atoms with van der Waals surface area (Å²) in [6, 6.07) is 21.1. The lowest BCUT2D eigenvalue weighted by atomic mass is 9.92. The number of imidazole rings is 2. The summed E-state index contributed by atoms with van der Waals surface area (Å²) >= 11 is 0. The van der Waals surface area contributed by atoms with Gasteiger partial charge in [0.1, 0.15) is 22.9 Å². The van der Waals surface area contributed by atoms with Gasteiger partial charge in [0.15, 0.2) is 5.54 Å². The highest BCUT2D eigenvalue weighted by atomic mass is 16.6. The molecule has 0 saturated carbocycles. The molecule has 0 unspecified atom stereocenters. The van der Waals surface area contributed by atoms with Crippen molar-refractivity contribution in [2.75, 3.05) is 13.1 Å². The fourth-order valence-electron chi connectivity index (χ4n) is 7.41. The molecule has 10 nitrogen and oxygen atoms in total. The van der Waals surface area contributed by atoms with E-state index in [2.05, 4.69) is 89.8 Å². The zero-order valence-corrected chi connectivity index (χ0v) is 31.5. The van der Waals surface area contributed by atoms with E-state index in [1.807, 2.05) is 47.7 Å². The average Bonchev–Trinajstić information content (AvgIpc) is 3.89. The van der Waals surface area contributed by atoms with Crippen molar-refractivity contribution in [1.82, 2.24) is 30.2 Å². The van der Waals surface area contributed by atoms with Gasteiger partial charge in [-0.15, -0.1) is 0 Å². The third-order valence-electron chi connectivity index (χ3n) is 9.86. The SMILES string of the molecule is C[C@@H]1CN[C@](C(=O)OC(C)(C)C)(c2ncc(-c3ccc4cc(-c5ccc(-c6cnc([C@@H]7C[C@H](C)CN7C(=O)OC(C)(C)C)[nH]6)cc5)ccc4c3)[nH]2)C1. The van der Waals surface area contributed by atoms with Crippen LogP contribution in [0.5, 0.6) is 0 Å². The second kappa shape index (κ2) is 13.2. The lowest BCUT2D eigenvalue weighted by Gasteiger charge is -2.30. The van der Waals surface area contributed by atoms with E-state index >= 15 is 0 Å². The third-order valence-corrected chi connectivity index (χ3v) is 9.86. The molecule has 3 aromatic carbocycles. The van der Waals surface area contributed by atoms with E-state index in [4.69, 9.17) is 19.4 Å². The minimum absolute atomic E-state index is 0.145. The van der Waals surface area contributed by atoms with E-state index in [0.717, 1.165) is 63.2 Å². The summed E-state index contributed by atoms with van der Waals surface area (Å²) in [5.74, 6) is 1.74. The number of hydrogen-bond donors (Lipinski definition) is 3. The summed E-state index contributed by atoms with van der Waals surface area (Å²) < 4.78 is 11.5. The number of rotatable bonds is 6. The van der Waals surface area contributed by atoms with Crippen molar-refractivity contribution < 1.29 is 19.1 Å². The van der Waals surface area contributed by atoms with Gasteiger partial charge in [-0.3, -0.25) is 10.2 Å². The molecule has 0 radical (unpaired) electrons. The van der Waals surface area contributed by atoms with Gasteiger partial charge in [0.05, 0.1) is 29.8 Å². The third kappa shape index (κ3) is 7.21. The number of nitrogens with zero attached hydrogens (tertiary/aromatic N) is 3. The van der Waals surface area contributed by atoms with Gasteiger partial charge in [-0.25, -0.2) is 19.6 Å². The minimum Gasteiger partial charge on any atom is -0.458 e. The number of likely N-dealkylation sites (tertiary alicyclic amines) is 1. The first kappa shape index (κ1) is 35.4. The van der Waals surface area contributed by atoms with Crippen LogP contribution < -0.4 is 5.32 Å². The maximum atomic E-state index is 13.5. The molecule has 10 heteroatoms. The van der Waals surface area contributed by atoms with E-state index < -0.39 is 16.7 Å². The molecule has 1 amide bonds. The van der Waals surface area contributed by atoms with Crippen molar-refractivity contribution in [2.45, 2.75) is 91.0 Å². The Balaban J connectivity index is 1.07. The quantitative estimate of drug-likeness (QED) is 0.151. The number of esters is 1. The van der Waals surface area contributed by atoms with E-state index in [-0.39, 0.29) is 18.1 Å². The topological polar surface area (TPSA) is 125 Å². The number of fused-ring (bicyclic) bond motifs is 1. The minimum atomic E-state index is -0.996. The van der Waals surface area contributed by atoms with Crippen LogP contribution in [-0.4, -0.2) is 61.2 Å². The van der Waals surface area contributed by atoms with Crippen molar-refractivity contribution in [3.63, 3.8) is 0 Å². The van der Waals surface area contributed by atoms with Crippen molar-refractivity contribution >= 4 is 22.8 Å². The Hall–Kier alpha value is -4.96. The summed E-state index contributed by atoms with van der Waals surface area (Å²) in [5.41, 5.74) is 3.86. The molecule has 4 heterocycles. The molecule has 5 aromatic rings. The first-order chi connectivity index (χ1) is 24.6. The van der Waals surface area contributed by atoms with Crippen molar-refractivity contribution in [2.24, 2.45) is 11.8 Å². The molecule has 2 fully saturated rings. The number of nitrogens with one attached hydrogen (secondary N) is 3. The Morgan fingerprint density at radius 3 is 2.00 bits per heavy atom. The van der Waals surface area contributed by atoms with E-state index in [9.17, 15) is 9.59 Å². The number of H-pyrrole nitrogens is 2. The van der Waals surface area contributed by atoms with Gasteiger partial charge in [-0.1, -0.05) is 62.4 Å². The number of aromatic nitrogens is 4. The van der Waals surface area contributed by atoms with Gasteiger partial charge < -0.3 is 19.4 Å². The van der Waals surface area contributed by atoms with E-state index in [1.54, 1.807) is 11.1 Å². The lowest BCUT2D eigenvalue weighted by molar-refractivity contribution is -0.163. The summed E-state index contributed by atoms with van der Waals surface area (Å²) in [6.45, 7) is 17.0. The Kier molecular flexibility index (Phi) is 9.01. The van der Waals surface area contributed by atoms with Gasteiger partial charge in [0.2, 0.25) is 0 Å². The molecule has 2 aliphatic rings. The fourth-order valence-corrected chi connectivity index (χ4v) is 7.41. The Bertz CT molecular complexity index is 2100. The van der Waals surface area contributed by atoms with Gasteiger partial charge in [-0.05, 0) is 112 Å². The lowest BCUT2D eigenvalue weighted by Crippen LogP contribution is -2.48. The van der Waals surface area contributed by atoms with Crippen LogP contribution in [0.1, 0.15) is 85.9 Å². The van der Waals surface area contributed by atoms with E-state index in [0.29, 0.717) is 30.6 Å². The number of ether oxygens (including phenoxy) is 2. The van der Waals surface area contributed by atoms with Crippen molar-refractivity contribution in [3.8, 4) is 33.6 Å².